The number of imidazole rings is 2. The van der Waals surface area contributed by atoms with E-state index < -0.39 is 42.7 Å². The van der Waals surface area contributed by atoms with Gasteiger partial charge in [0.25, 0.3) is 5.91 Å². The molecular formula is C28H27F4N9O3. The summed E-state index contributed by atoms with van der Waals surface area (Å²) in [6.45, 7) is 0.674. The van der Waals surface area contributed by atoms with E-state index in [1.165, 1.54) is 54.2 Å². The Bertz CT molecular complexity index is 1930. The van der Waals surface area contributed by atoms with Crippen molar-refractivity contribution >= 4 is 52.1 Å². The Morgan fingerprint density at radius 2 is 1.52 bits per heavy atom. The summed E-state index contributed by atoms with van der Waals surface area (Å²) in [5.74, 6) is -11.5. The molecule has 0 saturated carbocycles. The minimum atomic E-state index is -4.70. The fourth-order valence-corrected chi connectivity index (χ4v) is 4.87. The number of hydrogen-bond acceptors (Lipinski definition) is 7. The van der Waals surface area contributed by atoms with Crippen LogP contribution < -0.4 is 16.4 Å². The maximum atomic E-state index is 15.7. The number of halogens is 4. The summed E-state index contributed by atoms with van der Waals surface area (Å²) in [5, 5.41) is 9.23. The molecule has 44 heavy (non-hydrogen) atoms. The maximum Gasteiger partial charge on any atom is 0.329 e. The molecule has 0 aliphatic carbocycles. The van der Waals surface area contributed by atoms with Crippen molar-refractivity contribution in [3.63, 3.8) is 0 Å². The highest BCUT2D eigenvalue weighted by molar-refractivity contribution is 6.03. The summed E-state index contributed by atoms with van der Waals surface area (Å²) < 4.78 is 65.7. The summed E-state index contributed by atoms with van der Waals surface area (Å²) in [4.78, 5) is 44.3. The number of alkyl halides is 4. The number of nitrogens with two attached hydrogens (primary N) is 1. The van der Waals surface area contributed by atoms with Crippen molar-refractivity contribution in [1.29, 1.82) is 0 Å². The van der Waals surface area contributed by atoms with Gasteiger partial charge in [0, 0.05) is 24.7 Å². The maximum absolute atomic E-state index is 15.7. The molecule has 0 unspecified atom stereocenters. The number of anilines is 2. The summed E-state index contributed by atoms with van der Waals surface area (Å²) in [6, 6.07) is 9.23. The zero-order valence-corrected chi connectivity index (χ0v) is 23.7. The van der Waals surface area contributed by atoms with Crippen LogP contribution in [-0.2, 0) is 19.6 Å². The average Bonchev–Trinajstić information content (AvgIpc) is 3.64. The van der Waals surface area contributed by atoms with Gasteiger partial charge in [0.15, 0.2) is 0 Å². The van der Waals surface area contributed by atoms with Crippen LogP contribution in [0.4, 0.5) is 29.5 Å². The number of aromatic nitrogens is 6. The van der Waals surface area contributed by atoms with Gasteiger partial charge in [-0.25, -0.2) is 9.97 Å². The molecule has 0 aliphatic rings. The summed E-state index contributed by atoms with van der Waals surface area (Å²) >= 11 is 0. The second-order valence-electron chi connectivity index (χ2n) is 10.1. The zero-order chi connectivity index (χ0) is 32.0. The van der Waals surface area contributed by atoms with E-state index in [2.05, 4.69) is 25.7 Å². The number of nitrogens with zero attached hydrogens (tertiary/aromatic N) is 6. The van der Waals surface area contributed by atoms with Crippen LogP contribution >= 0.6 is 0 Å². The van der Waals surface area contributed by atoms with Gasteiger partial charge in [0.05, 0.1) is 40.9 Å². The molecule has 5 rings (SSSR count). The monoisotopic (exact) mass is 613 g/mol. The van der Waals surface area contributed by atoms with Gasteiger partial charge in [0.2, 0.25) is 17.8 Å². The number of benzene rings is 2. The van der Waals surface area contributed by atoms with Crippen LogP contribution in [0.1, 0.15) is 43.8 Å². The second kappa shape index (κ2) is 11.1. The number of aryl methyl sites for hydroxylation is 2. The van der Waals surface area contributed by atoms with Gasteiger partial charge < -0.3 is 20.2 Å². The van der Waals surface area contributed by atoms with Crippen LogP contribution in [0.5, 0.6) is 0 Å². The Kier molecular flexibility index (Phi) is 7.61. The molecule has 2 amide bonds. The molecule has 5 aromatic rings. The second-order valence-corrected chi connectivity index (χ2v) is 10.1. The molecule has 0 fully saturated rings. The van der Waals surface area contributed by atoms with Crippen LogP contribution in [0.2, 0.25) is 0 Å². The van der Waals surface area contributed by atoms with Crippen LogP contribution in [0, 0.1) is 6.92 Å². The molecule has 230 valence electrons. The Morgan fingerprint density at radius 1 is 0.932 bits per heavy atom. The number of carbonyl (C=O) groups is 3. The summed E-state index contributed by atoms with van der Waals surface area (Å²) in [7, 11) is 1.40. The molecule has 4 N–H and O–H groups in total. The summed E-state index contributed by atoms with van der Waals surface area (Å²) in [5.41, 5.74) is 6.40. The van der Waals surface area contributed by atoms with Crippen LogP contribution in [0.3, 0.4) is 0 Å². The first-order valence-electron chi connectivity index (χ1n) is 13.3. The predicted molar refractivity (Wildman–Crippen MR) is 153 cm³/mol. The Balaban J connectivity index is 1.54. The molecule has 0 bridgehead atoms. The molecule has 3 aromatic heterocycles. The van der Waals surface area contributed by atoms with Crippen molar-refractivity contribution in [2.24, 2.45) is 5.73 Å². The van der Waals surface area contributed by atoms with Gasteiger partial charge in [-0.15, -0.1) is 0 Å². The molecule has 3 heterocycles. The van der Waals surface area contributed by atoms with Gasteiger partial charge in [-0.3, -0.25) is 24.4 Å². The Labute approximate surface area is 246 Å². The highest BCUT2D eigenvalue weighted by atomic mass is 19.3. The first-order valence-corrected chi connectivity index (χ1v) is 13.3. The lowest BCUT2D eigenvalue weighted by Gasteiger charge is -2.28. The molecule has 2 aromatic carbocycles. The molecule has 0 radical (unpaired) electrons. The Morgan fingerprint density at radius 3 is 2.11 bits per heavy atom. The molecular weight excluding hydrogens is 586 g/mol. The predicted octanol–water partition coefficient (Wildman–Crippen LogP) is 4.09. The largest absolute Gasteiger partial charge is 0.366 e. The van der Waals surface area contributed by atoms with Crippen LogP contribution in [-0.4, -0.2) is 65.9 Å². The van der Waals surface area contributed by atoms with E-state index in [4.69, 9.17) is 5.73 Å². The van der Waals surface area contributed by atoms with Crippen molar-refractivity contribution in [2.45, 2.75) is 45.3 Å². The van der Waals surface area contributed by atoms with E-state index in [-0.39, 0.29) is 44.8 Å². The number of nitrogens with one attached hydrogen (secondary N) is 2. The number of aldehydes is 1. The lowest BCUT2D eigenvalue weighted by molar-refractivity contribution is -0.220. The highest BCUT2D eigenvalue weighted by Crippen LogP contribution is 2.40. The fraction of sp³-hybridized carbons (Fsp3) is 0.286. The number of hydrogen-bond donors (Lipinski definition) is 3. The third-order valence-corrected chi connectivity index (χ3v) is 7.07. The lowest BCUT2D eigenvalue weighted by atomic mass is 10.1. The van der Waals surface area contributed by atoms with Gasteiger partial charge in [-0.2, -0.15) is 22.7 Å². The third-order valence-electron chi connectivity index (χ3n) is 7.07. The van der Waals surface area contributed by atoms with E-state index in [0.717, 1.165) is 9.13 Å². The summed E-state index contributed by atoms with van der Waals surface area (Å²) in [6.07, 6.45) is 0.551. The van der Waals surface area contributed by atoms with E-state index in [9.17, 15) is 14.4 Å². The quantitative estimate of drug-likeness (QED) is 0.150. The standard InChI is InChI=1S/C28H27F4N9O3/c1-4-41-22(9-15(2)38-41)24(44)37-26-36-19-11-17(23(33)43)6-8-21(19)40(26)14-28(31,32)27(29,30)13-39-20-7-5-16(12-42)10-18(20)35-25(39)34-3/h5-12H,4,13-14H2,1-3H3,(H2,33,43)(H,34,35)(H,36,37,44). The first kappa shape index (κ1) is 30.2. The van der Waals surface area contributed by atoms with Gasteiger partial charge in [-0.05, 0) is 56.3 Å². The van der Waals surface area contributed by atoms with Crippen molar-refractivity contribution in [1.82, 2.24) is 28.9 Å². The topological polar surface area (TPSA) is 155 Å². The van der Waals surface area contributed by atoms with E-state index in [1.807, 2.05) is 0 Å². The number of rotatable bonds is 11. The van der Waals surface area contributed by atoms with E-state index in [1.54, 1.807) is 13.8 Å². The van der Waals surface area contributed by atoms with Crippen LogP contribution in [0.15, 0.2) is 42.5 Å². The van der Waals surface area contributed by atoms with Gasteiger partial charge in [0.1, 0.15) is 12.0 Å². The number of primary amides is 1. The molecule has 0 aliphatic heterocycles. The van der Waals surface area contributed by atoms with E-state index >= 15 is 17.6 Å². The van der Waals surface area contributed by atoms with E-state index in [0.29, 0.717) is 18.5 Å². The minimum Gasteiger partial charge on any atom is -0.366 e. The fourth-order valence-electron chi connectivity index (χ4n) is 4.87. The average molecular weight is 614 g/mol. The smallest absolute Gasteiger partial charge is 0.329 e. The lowest BCUT2D eigenvalue weighted by Crippen LogP contribution is -2.47. The number of fused-ring (bicyclic) bond motifs is 2. The van der Waals surface area contributed by atoms with Crippen molar-refractivity contribution in [3.05, 3.63) is 65.0 Å². The van der Waals surface area contributed by atoms with Crippen molar-refractivity contribution < 1.29 is 31.9 Å². The zero-order valence-electron chi connectivity index (χ0n) is 23.7. The molecule has 0 saturated heterocycles. The highest BCUT2D eigenvalue weighted by Gasteiger charge is 2.57. The molecule has 0 atom stereocenters. The first-order chi connectivity index (χ1) is 20.8. The third kappa shape index (κ3) is 5.33. The van der Waals surface area contributed by atoms with Crippen molar-refractivity contribution in [2.75, 3.05) is 17.7 Å². The van der Waals surface area contributed by atoms with Gasteiger partial charge >= 0.3 is 11.8 Å². The normalized spacial score (nSPS) is 12.2. The number of amides is 2. The number of carbonyl (C=O) groups excluding carboxylic acids is 3. The molecule has 16 heteroatoms. The van der Waals surface area contributed by atoms with Crippen LogP contribution in [0.25, 0.3) is 22.1 Å². The SMILES string of the molecule is CCn1nc(C)cc1C(=O)Nc1nc2cc(C(N)=O)ccc2n1CC(F)(F)C(F)(F)Cn1c(NC)nc2cc(C=O)ccc21. The Hall–Kier alpha value is -5.28. The van der Waals surface area contributed by atoms with Crippen molar-refractivity contribution in [3.8, 4) is 0 Å². The van der Waals surface area contributed by atoms with Gasteiger partial charge in [-0.1, -0.05) is 0 Å². The molecule has 0 spiro atoms. The minimum absolute atomic E-state index is 0.00104. The molecule has 12 nitrogen and oxygen atoms in total.